The minimum atomic E-state index is 0.116. The maximum atomic E-state index is 12.3. The molecule has 3 heteroatoms. The van der Waals surface area contributed by atoms with Gasteiger partial charge in [0.1, 0.15) is 0 Å². The monoisotopic (exact) mass is 246 g/mol. The Hall–Kier alpha value is -1.51. The van der Waals surface area contributed by atoms with E-state index in [-0.39, 0.29) is 6.03 Å². The van der Waals surface area contributed by atoms with E-state index in [4.69, 9.17) is 0 Å². The van der Waals surface area contributed by atoms with Gasteiger partial charge < -0.3 is 4.90 Å². The van der Waals surface area contributed by atoms with Gasteiger partial charge in [-0.1, -0.05) is 24.6 Å². The first kappa shape index (κ1) is 12.9. The highest BCUT2D eigenvalue weighted by Crippen LogP contribution is 2.20. The van der Waals surface area contributed by atoms with Crippen molar-refractivity contribution in [3.63, 3.8) is 0 Å². The molecule has 0 saturated carbocycles. The highest BCUT2D eigenvalue weighted by Gasteiger charge is 2.23. The molecule has 1 saturated heterocycles. The summed E-state index contributed by atoms with van der Waals surface area (Å²) in [6.07, 6.45) is 2.24. The number of hydrogen-bond acceptors (Lipinski definition) is 1. The molecule has 2 rings (SSSR count). The van der Waals surface area contributed by atoms with Gasteiger partial charge in [-0.05, 0) is 37.8 Å². The minimum absolute atomic E-state index is 0.116. The molecule has 98 valence electrons. The van der Waals surface area contributed by atoms with E-state index in [0.717, 1.165) is 37.5 Å². The van der Waals surface area contributed by atoms with E-state index >= 15 is 0 Å². The number of likely N-dealkylation sites (tertiary alicyclic amines) is 1. The van der Waals surface area contributed by atoms with Crippen molar-refractivity contribution in [2.24, 2.45) is 5.92 Å². The van der Waals surface area contributed by atoms with Crippen LogP contribution in [0.3, 0.4) is 0 Å². The first-order valence-corrected chi connectivity index (χ1v) is 6.67. The zero-order valence-electron chi connectivity index (χ0n) is 11.5. The van der Waals surface area contributed by atoms with Crippen LogP contribution in [0.4, 0.5) is 10.5 Å². The molecule has 0 unspecified atom stereocenters. The third-order valence-corrected chi connectivity index (χ3v) is 3.76. The Balaban J connectivity index is 2.02. The molecular formula is C15H22N2O. The second kappa shape index (κ2) is 5.42. The first-order valence-electron chi connectivity index (χ1n) is 6.67. The molecule has 0 N–H and O–H groups in total. The Labute approximate surface area is 109 Å². The Morgan fingerprint density at radius 2 is 1.78 bits per heavy atom. The number of carbonyl (C=O) groups excluding carboxylic acids is 1. The van der Waals surface area contributed by atoms with Crippen molar-refractivity contribution in [2.45, 2.75) is 26.7 Å². The van der Waals surface area contributed by atoms with Crippen LogP contribution in [0.5, 0.6) is 0 Å². The van der Waals surface area contributed by atoms with Gasteiger partial charge in [-0.3, -0.25) is 4.90 Å². The summed E-state index contributed by atoms with van der Waals surface area (Å²) in [7, 11) is 1.85. The summed E-state index contributed by atoms with van der Waals surface area (Å²) >= 11 is 0. The van der Waals surface area contributed by atoms with E-state index in [1.807, 2.05) is 36.2 Å². The minimum Gasteiger partial charge on any atom is -0.324 e. The summed E-state index contributed by atoms with van der Waals surface area (Å²) in [6, 6.07) is 8.19. The van der Waals surface area contributed by atoms with Crippen molar-refractivity contribution >= 4 is 11.7 Å². The molecule has 1 heterocycles. The third kappa shape index (κ3) is 2.84. The fraction of sp³-hybridized carbons (Fsp3) is 0.533. The van der Waals surface area contributed by atoms with Gasteiger partial charge in [0.2, 0.25) is 0 Å². The molecule has 2 amide bonds. The molecule has 0 spiro atoms. The number of rotatable bonds is 1. The zero-order valence-corrected chi connectivity index (χ0v) is 11.5. The zero-order chi connectivity index (χ0) is 13.1. The second-order valence-electron chi connectivity index (χ2n) is 5.35. The summed E-state index contributed by atoms with van der Waals surface area (Å²) in [5, 5.41) is 0. The third-order valence-electron chi connectivity index (χ3n) is 3.76. The van der Waals surface area contributed by atoms with Crippen LogP contribution in [0, 0.1) is 12.8 Å². The van der Waals surface area contributed by atoms with Crippen molar-refractivity contribution in [1.82, 2.24) is 4.90 Å². The van der Waals surface area contributed by atoms with Gasteiger partial charge in [-0.2, -0.15) is 0 Å². The van der Waals surface area contributed by atoms with E-state index in [0.29, 0.717) is 0 Å². The summed E-state index contributed by atoms with van der Waals surface area (Å²) in [5.41, 5.74) is 2.18. The molecule has 0 aliphatic carbocycles. The fourth-order valence-electron chi connectivity index (χ4n) is 2.29. The van der Waals surface area contributed by atoms with E-state index in [1.54, 1.807) is 4.90 Å². The number of amides is 2. The molecule has 18 heavy (non-hydrogen) atoms. The van der Waals surface area contributed by atoms with Crippen molar-refractivity contribution < 1.29 is 4.79 Å². The number of anilines is 1. The maximum absolute atomic E-state index is 12.3. The van der Waals surface area contributed by atoms with Gasteiger partial charge in [0.05, 0.1) is 0 Å². The number of aryl methyl sites for hydroxylation is 1. The van der Waals surface area contributed by atoms with Gasteiger partial charge in [0.15, 0.2) is 0 Å². The lowest BCUT2D eigenvalue weighted by Crippen LogP contribution is -2.45. The first-order chi connectivity index (χ1) is 8.58. The summed E-state index contributed by atoms with van der Waals surface area (Å²) in [4.78, 5) is 16.0. The highest BCUT2D eigenvalue weighted by atomic mass is 16.2. The fourth-order valence-corrected chi connectivity index (χ4v) is 2.29. The van der Waals surface area contributed by atoms with Gasteiger partial charge in [0.25, 0.3) is 0 Å². The predicted molar refractivity (Wildman–Crippen MR) is 74.9 cm³/mol. The summed E-state index contributed by atoms with van der Waals surface area (Å²) < 4.78 is 0. The number of piperidine rings is 1. The summed E-state index contributed by atoms with van der Waals surface area (Å²) in [5.74, 6) is 0.749. The average molecular weight is 246 g/mol. The highest BCUT2D eigenvalue weighted by molar-refractivity contribution is 5.91. The van der Waals surface area contributed by atoms with Gasteiger partial charge in [-0.25, -0.2) is 4.79 Å². The normalized spacial score (nSPS) is 16.7. The lowest BCUT2D eigenvalue weighted by atomic mass is 9.99. The van der Waals surface area contributed by atoms with Crippen molar-refractivity contribution in [1.29, 1.82) is 0 Å². The van der Waals surface area contributed by atoms with Gasteiger partial charge in [0, 0.05) is 25.8 Å². The SMILES string of the molecule is Cc1ccc(N(C)C(=O)N2CCC(C)CC2)cc1. The van der Waals surface area contributed by atoms with Gasteiger partial charge >= 0.3 is 6.03 Å². The van der Waals surface area contributed by atoms with E-state index in [9.17, 15) is 4.79 Å². The molecule has 0 aromatic heterocycles. The van der Waals surface area contributed by atoms with Crippen molar-refractivity contribution in [3.05, 3.63) is 29.8 Å². The molecule has 0 atom stereocenters. The van der Waals surface area contributed by atoms with Crippen LogP contribution in [0.2, 0.25) is 0 Å². The number of nitrogens with zero attached hydrogens (tertiary/aromatic N) is 2. The van der Waals surface area contributed by atoms with Crippen molar-refractivity contribution in [2.75, 3.05) is 25.0 Å². The molecule has 0 bridgehead atoms. The number of hydrogen-bond donors (Lipinski definition) is 0. The quantitative estimate of drug-likeness (QED) is 0.746. The molecule has 0 radical (unpaired) electrons. The van der Waals surface area contributed by atoms with E-state index < -0.39 is 0 Å². The second-order valence-corrected chi connectivity index (χ2v) is 5.35. The Morgan fingerprint density at radius 1 is 1.22 bits per heavy atom. The van der Waals surface area contributed by atoms with Crippen LogP contribution in [-0.2, 0) is 0 Å². The Kier molecular flexibility index (Phi) is 3.90. The number of benzene rings is 1. The molecule has 3 nitrogen and oxygen atoms in total. The van der Waals surface area contributed by atoms with Crippen LogP contribution in [0.1, 0.15) is 25.3 Å². The van der Waals surface area contributed by atoms with Crippen LogP contribution >= 0.6 is 0 Å². The Bertz CT molecular complexity index is 405. The largest absolute Gasteiger partial charge is 0.324 e. The molecular weight excluding hydrogens is 224 g/mol. The van der Waals surface area contributed by atoms with Crippen LogP contribution in [0.25, 0.3) is 0 Å². The van der Waals surface area contributed by atoms with Crippen LogP contribution in [0.15, 0.2) is 24.3 Å². The molecule has 1 fully saturated rings. The molecule has 1 aromatic rings. The van der Waals surface area contributed by atoms with Crippen molar-refractivity contribution in [3.8, 4) is 0 Å². The van der Waals surface area contributed by atoms with E-state index in [1.165, 1.54) is 5.56 Å². The van der Waals surface area contributed by atoms with Gasteiger partial charge in [-0.15, -0.1) is 0 Å². The Morgan fingerprint density at radius 3 is 2.33 bits per heavy atom. The van der Waals surface area contributed by atoms with Crippen LogP contribution < -0.4 is 4.90 Å². The molecule has 1 aliphatic rings. The van der Waals surface area contributed by atoms with Crippen LogP contribution in [-0.4, -0.2) is 31.1 Å². The lowest BCUT2D eigenvalue weighted by Gasteiger charge is -2.33. The van der Waals surface area contributed by atoms with E-state index in [2.05, 4.69) is 13.8 Å². The molecule has 1 aromatic carbocycles. The summed E-state index contributed by atoms with van der Waals surface area (Å²) in [6.45, 7) is 6.08. The average Bonchev–Trinajstić information content (AvgIpc) is 2.39. The predicted octanol–water partition coefficient (Wildman–Crippen LogP) is 3.28. The maximum Gasteiger partial charge on any atom is 0.324 e. The topological polar surface area (TPSA) is 23.6 Å². The molecule has 1 aliphatic heterocycles. The smallest absolute Gasteiger partial charge is 0.324 e. The number of urea groups is 1. The number of carbonyl (C=O) groups is 1. The lowest BCUT2D eigenvalue weighted by molar-refractivity contribution is 0.181. The standard InChI is InChI=1S/C15H22N2O/c1-12-4-6-14(7-5-12)16(3)15(18)17-10-8-13(2)9-11-17/h4-7,13H,8-11H2,1-3H3.